The minimum absolute atomic E-state index is 0.0268. The summed E-state index contributed by atoms with van der Waals surface area (Å²) in [6, 6.07) is 5.23. The molecule has 0 radical (unpaired) electrons. The number of pyridine rings is 1. The zero-order chi connectivity index (χ0) is 18.0. The van der Waals surface area contributed by atoms with Crippen molar-refractivity contribution < 1.29 is 9.53 Å². The van der Waals surface area contributed by atoms with Crippen LogP contribution < -0.4 is 10.2 Å². The van der Waals surface area contributed by atoms with E-state index >= 15 is 0 Å². The lowest BCUT2D eigenvalue weighted by Gasteiger charge is -2.28. The Kier molecular flexibility index (Phi) is 5.34. The van der Waals surface area contributed by atoms with Crippen LogP contribution in [0.2, 0.25) is 25.7 Å². The topological polar surface area (TPSA) is 57.7 Å². The van der Waals surface area contributed by atoms with E-state index in [9.17, 15) is 4.79 Å². The predicted molar refractivity (Wildman–Crippen MR) is 103 cm³/mol. The molecule has 0 aliphatic carbocycles. The van der Waals surface area contributed by atoms with E-state index in [4.69, 9.17) is 9.72 Å². The van der Waals surface area contributed by atoms with Crippen LogP contribution in [0, 0.1) is 0 Å². The van der Waals surface area contributed by atoms with Crippen molar-refractivity contribution in [1.82, 2.24) is 15.2 Å². The third-order valence-electron chi connectivity index (χ3n) is 4.99. The van der Waals surface area contributed by atoms with Crippen molar-refractivity contribution in [3.63, 3.8) is 0 Å². The van der Waals surface area contributed by atoms with Gasteiger partial charge in [-0.25, -0.2) is 9.78 Å². The largest absolute Gasteiger partial charge is 0.450 e. The van der Waals surface area contributed by atoms with Gasteiger partial charge in [-0.2, -0.15) is 0 Å². The number of hydrogen-bond acceptors (Lipinski definition) is 5. The second-order valence-electron chi connectivity index (χ2n) is 8.17. The van der Waals surface area contributed by atoms with Gasteiger partial charge in [0.1, 0.15) is 5.82 Å². The van der Waals surface area contributed by atoms with Crippen LogP contribution in [-0.4, -0.2) is 56.8 Å². The third-order valence-corrected chi connectivity index (χ3v) is 6.69. The number of fused-ring (bicyclic) bond motifs is 1. The molecule has 1 aromatic heterocycles. The van der Waals surface area contributed by atoms with Crippen LogP contribution in [0.5, 0.6) is 0 Å². The second-order valence-corrected chi connectivity index (χ2v) is 13.8. The molecule has 6 nitrogen and oxygen atoms in total. The van der Waals surface area contributed by atoms with Crippen LogP contribution in [0.1, 0.15) is 24.2 Å². The molecule has 1 aromatic rings. The number of ether oxygens (including phenoxy) is 1. The average Bonchev–Trinajstić information content (AvgIpc) is 2.91. The molecule has 0 saturated carbocycles. The van der Waals surface area contributed by atoms with E-state index in [2.05, 4.69) is 48.9 Å². The number of aromatic nitrogens is 1. The zero-order valence-electron chi connectivity index (χ0n) is 15.8. The lowest BCUT2D eigenvalue weighted by molar-refractivity contribution is 0.0957. The van der Waals surface area contributed by atoms with Gasteiger partial charge in [-0.1, -0.05) is 25.7 Å². The molecule has 1 saturated heterocycles. The van der Waals surface area contributed by atoms with Gasteiger partial charge in [-0.15, -0.1) is 0 Å². The van der Waals surface area contributed by atoms with Crippen molar-refractivity contribution in [2.45, 2.75) is 45.2 Å². The summed E-state index contributed by atoms with van der Waals surface area (Å²) in [7, 11) is -1.19. The highest BCUT2D eigenvalue weighted by molar-refractivity contribution is 6.76. The van der Waals surface area contributed by atoms with Gasteiger partial charge in [0.05, 0.1) is 24.9 Å². The first kappa shape index (κ1) is 18.2. The Labute approximate surface area is 151 Å². The van der Waals surface area contributed by atoms with Gasteiger partial charge in [-0.3, -0.25) is 4.90 Å². The number of nitrogens with zero attached hydrogens (tertiary/aromatic N) is 3. The number of nitrogens with one attached hydrogen (secondary N) is 1. The summed E-state index contributed by atoms with van der Waals surface area (Å²) in [5.41, 5.74) is 2.15. The third kappa shape index (κ3) is 4.33. The molecular weight excluding hydrogens is 332 g/mol. The molecule has 25 heavy (non-hydrogen) atoms. The molecule has 1 fully saturated rings. The smallest absolute Gasteiger partial charge is 0.410 e. The van der Waals surface area contributed by atoms with Gasteiger partial charge in [0.2, 0.25) is 0 Å². The molecule has 0 bridgehead atoms. The van der Waals surface area contributed by atoms with E-state index in [1.807, 2.05) is 0 Å². The number of hydrogen-bond donors (Lipinski definition) is 1. The maximum absolute atomic E-state index is 12.5. The molecular formula is C18H30N4O2Si. The van der Waals surface area contributed by atoms with Crippen LogP contribution in [0.4, 0.5) is 10.6 Å². The monoisotopic (exact) mass is 362 g/mol. The Balaban J connectivity index is 1.64. The first-order valence-corrected chi connectivity index (χ1v) is 12.9. The predicted octanol–water partition coefficient (Wildman–Crippen LogP) is 2.84. The molecule has 2 aliphatic heterocycles. The zero-order valence-corrected chi connectivity index (χ0v) is 16.8. The maximum atomic E-state index is 12.5. The molecule has 1 N–H and O–H groups in total. The van der Waals surface area contributed by atoms with E-state index in [1.54, 1.807) is 4.90 Å². The van der Waals surface area contributed by atoms with Crippen molar-refractivity contribution in [3.8, 4) is 0 Å². The SMILES string of the molecule is CC1c2ccc(N3CCNCC3)nc2CN1C(=O)OCC[Si](C)(C)C. The highest BCUT2D eigenvalue weighted by Gasteiger charge is 2.33. The van der Waals surface area contributed by atoms with E-state index < -0.39 is 8.07 Å². The van der Waals surface area contributed by atoms with Gasteiger partial charge in [-0.05, 0) is 24.6 Å². The Bertz CT molecular complexity index is 626. The van der Waals surface area contributed by atoms with Crippen molar-refractivity contribution in [2.24, 2.45) is 0 Å². The van der Waals surface area contributed by atoms with Crippen LogP contribution in [-0.2, 0) is 11.3 Å². The standard InChI is InChI=1S/C18H30N4O2Si/c1-14-15-5-6-17(21-9-7-19-8-10-21)20-16(15)13-22(14)18(23)24-11-12-25(2,3)4/h5-6,14,19H,7-13H2,1-4H3. The fourth-order valence-electron chi connectivity index (χ4n) is 3.29. The fraction of sp³-hybridized carbons (Fsp3) is 0.667. The number of anilines is 1. The second kappa shape index (κ2) is 7.33. The molecule has 1 atom stereocenters. The maximum Gasteiger partial charge on any atom is 0.410 e. The van der Waals surface area contributed by atoms with E-state index in [0.717, 1.165) is 49.3 Å². The fourth-order valence-corrected chi connectivity index (χ4v) is 4.01. The summed E-state index contributed by atoms with van der Waals surface area (Å²) in [6.45, 7) is 13.9. The van der Waals surface area contributed by atoms with Gasteiger partial charge in [0, 0.05) is 34.3 Å². The average molecular weight is 363 g/mol. The number of carbonyl (C=O) groups is 1. The van der Waals surface area contributed by atoms with Crippen LogP contribution >= 0.6 is 0 Å². The molecule has 7 heteroatoms. The molecule has 1 unspecified atom stereocenters. The van der Waals surface area contributed by atoms with Gasteiger partial charge < -0.3 is 15.0 Å². The minimum atomic E-state index is -1.19. The van der Waals surface area contributed by atoms with Crippen LogP contribution in [0.3, 0.4) is 0 Å². The summed E-state index contributed by atoms with van der Waals surface area (Å²) in [5, 5.41) is 3.36. The molecule has 0 aromatic carbocycles. The van der Waals surface area contributed by atoms with E-state index in [-0.39, 0.29) is 12.1 Å². The van der Waals surface area contributed by atoms with E-state index in [1.165, 1.54) is 0 Å². The molecule has 0 spiro atoms. The van der Waals surface area contributed by atoms with Gasteiger partial charge in [0.25, 0.3) is 0 Å². The van der Waals surface area contributed by atoms with Gasteiger partial charge >= 0.3 is 6.09 Å². The Morgan fingerprint density at radius 2 is 2.04 bits per heavy atom. The minimum Gasteiger partial charge on any atom is -0.450 e. The van der Waals surface area contributed by atoms with Crippen molar-refractivity contribution >= 4 is 20.0 Å². The van der Waals surface area contributed by atoms with E-state index in [0.29, 0.717) is 13.2 Å². The highest BCUT2D eigenvalue weighted by atomic mass is 28.3. The molecule has 3 rings (SSSR count). The summed E-state index contributed by atoms with van der Waals surface area (Å²) in [6.07, 6.45) is -0.215. The first-order valence-electron chi connectivity index (χ1n) is 9.24. The van der Waals surface area contributed by atoms with Crippen molar-refractivity contribution in [2.75, 3.05) is 37.7 Å². The number of carbonyl (C=O) groups excluding carboxylic acids is 1. The quantitative estimate of drug-likeness (QED) is 0.835. The Hall–Kier alpha value is -1.60. The molecule has 3 heterocycles. The summed E-state index contributed by atoms with van der Waals surface area (Å²) in [4.78, 5) is 21.4. The van der Waals surface area contributed by atoms with Crippen LogP contribution in [0.15, 0.2) is 12.1 Å². The van der Waals surface area contributed by atoms with Gasteiger partial charge in [0.15, 0.2) is 0 Å². The number of piperazine rings is 1. The van der Waals surface area contributed by atoms with Crippen molar-refractivity contribution in [3.05, 3.63) is 23.4 Å². The van der Waals surface area contributed by atoms with Crippen LogP contribution in [0.25, 0.3) is 0 Å². The normalized spacial score (nSPS) is 20.6. The summed E-state index contributed by atoms with van der Waals surface area (Å²) >= 11 is 0. The van der Waals surface area contributed by atoms with Crippen molar-refractivity contribution in [1.29, 1.82) is 0 Å². The lowest BCUT2D eigenvalue weighted by Crippen LogP contribution is -2.43. The number of amides is 1. The Morgan fingerprint density at radius 3 is 2.72 bits per heavy atom. The Morgan fingerprint density at radius 1 is 1.32 bits per heavy atom. The first-order chi connectivity index (χ1) is 11.8. The molecule has 138 valence electrons. The summed E-state index contributed by atoms with van der Waals surface area (Å²) < 4.78 is 5.53. The molecule has 1 amide bonds. The summed E-state index contributed by atoms with van der Waals surface area (Å²) in [5.74, 6) is 1.02. The number of rotatable bonds is 4. The lowest BCUT2D eigenvalue weighted by atomic mass is 10.1. The molecule has 2 aliphatic rings. The highest BCUT2D eigenvalue weighted by Crippen LogP contribution is 2.34.